The van der Waals surface area contributed by atoms with Crippen LogP contribution >= 0.6 is 0 Å². The average Bonchev–Trinajstić information content (AvgIpc) is 2.93. The van der Waals surface area contributed by atoms with Gasteiger partial charge in [0.1, 0.15) is 26.4 Å². The number of aliphatic hydroxyl groups is 2. The van der Waals surface area contributed by atoms with Crippen molar-refractivity contribution < 1.29 is 57.8 Å². The molecule has 0 saturated heterocycles. The average molecular weight is 527 g/mol. The van der Waals surface area contributed by atoms with Gasteiger partial charge in [-0.25, -0.2) is 19.2 Å². The third kappa shape index (κ3) is 13.3. The maximum absolute atomic E-state index is 11.7. The Hall–Kier alpha value is -3.58. The van der Waals surface area contributed by atoms with E-state index in [2.05, 4.69) is 32.9 Å². The fraction of sp³-hybridized carbons (Fsp3) is 0.440. The van der Waals surface area contributed by atoms with Crippen molar-refractivity contribution in [1.82, 2.24) is 0 Å². The maximum Gasteiger partial charge on any atom is 0.330 e. The van der Waals surface area contributed by atoms with Gasteiger partial charge in [-0.3, -0.25) is 0 Å². The standard InChI is InChI=1S/C25H34O12/c1-6-19(27)33-14-24(11-26,15-34-20(28)7-2)12-32-13-25(16-35-21(29)8-3,17-36-22(30)9-4)18-37-23(31)10-5/h6-10,19,26-27H,1-5,11-18H2. The van der Waals surface area contributed by atoms with Crippen molar-refractivity contribution in [3.8, 4) is 0 Å². The third-order valence-electron chi connectivity index (χ3n) is 4.66. The van der Waals surface area contributed by atoms with Crippen LogP contribution in [-0.4, -0.2) is 93.2 Å². The summed E-state index contributed by atoms with van der Waals surface area (Å²) in [6.45, 7) is 13.3. The smallest absolute Gasteiger partial charge is 0.330 e. The molecule has 0 aromatic rings. The van der Waals surface area contributed by atoms with Gasteiger partial charge in [0, 0.05) is 24.3 Å². The minimum atomic E-state index is -1.42. The lowest BCUT2D eigenvalue weighted by atomic mass is 9.90. The van der Waals surface area contributed by atoms with Crippen LogP contribution in [0, 0.1) is 10.8 Å². The first-order valence-corrected chi connectivity index (χ1v) is 10.8. The summed E-state index contributed by atoms with van der Waals surface area (Å²) in [5.74, 6) is -3.19. The third-order valence-corrected chi connectivity index (χ3v) is 4.66. The van der Waals surface area contributed by atoms with Crippen molar-refractivity contribution in [2.24, 2.45) is 10.8 Å². The highest BCUT2D eigenvalue weighted by Crippen LogP contribution is 2.25. The van der Waals surface area contributed by atoms with Gasteiger partial charge in [0.2, 0.25) is 0 Å². The second-order valence-corrected chi connectivity index (χ2v) is 7.84. The molecule has 0 aromatic carbocycles. The van der Waals surface area contributed by atoms with Crippen LogP contribution in [0.15, 0.2) is 63.3 Å². The maximum atomic E-state index is 11.7. The molecule has 0 fully saturated rings. The summed E-state index contributed by atoms with van der Waals surface area (Å²) in [6, 6.07) is 0. The molecule has 12 heteroatoms. The molecule has 2 unspecified atom stereocenters. The van der Waals surface area contributed by atoms with E-state index >= 15 is 0 Å². The summed E-state index contributed by atoms with van der Waals surface area (Å²) in [5.41, 5.74) is -2.79. The van der Waals surface area contributed by atoms with Gasteiger partial charge in [0.15, 0.2) is 6.29 Å². The minimum absolute atomic E-state index is 0.334. The predicted octanol–water partition coefficient (Wildman–Crippen LogP) is 0.406. The van der Waals surface area contributed by atoms with Crippen molar-refractivity contribution in [1.29, 1.82) is 0 Å². The fourth-order valence-electron chi connectivity index (χ4n) is 2.46. The van der Waals surface area contributed by atoms with Crippen LogP contribution in [0.1, 0.15) is 0 Å². The number of hydrogen-bond donors (Lipinski definition) is 2. The monoisotopic (exact) mass is 526 g/mol. The highest BCUT2D eigenvalue weighted by molar-refractivity contribution is 5.82. The van der Waals surface area contributed by atoms with E-state index in [1.807, 2.05) is 0 Å². The molecule has 0 radical (unpaired) electrons. The van der Waals surface area contributed by atoms with Crippen LogP contribution in [0.4, 0.5) is 0 Å². The van der Waals surface area contributed by atoms with Crippen molar-refractivity contribution in [2.45, 2.75) is 6.29 Å². The lowest BCUT2D eigenvalue weighted by Crippen LogP contribution is -2.46. The molecular formula is C25H34O12. The fourth-order valence-corrected chi connectivity index (χ4v) is 2.46. The number of rotatable bonds is 21. The quantitative estimate of drug-likeness (QED) is 0.0697. The summed E-state index contributed by atoms with van der Waals surface area (Å²) < 4.78 is 31.4. The van der Waals surface area contributed by atoms with E-state index in [9.17, 15) is 29.4 Å². The van der Waals surface area contributed by atoms with Gasteiger partial charge >= 0.3 is 23.9 Å². The highest BCUT2D eigenvalue weighted by atomic mass is 16.6. The molecule has 0 bridgehead atoms. The summed E-state index contributed by atoms with van der Waals surface area (Å²) in [4.78, 5) is 46.7. The highest BCUT2D eigenvalue weighted by Gasteiger charge is 2.39. The van der Waals surface area contributed by atoms with Gasteiger partial charge < -0.3 is 38.6 Å². The van der Waals surface area contributed by atoms with Gasteiger partial charge in [-0.15, -0.1) is 0 Å². The van der Waals surface area contributed by atoms with E-state index in [-0.39, 0.29) is 19.8 Å². The van der Waals surface area contributed by atoms with E-state index in [0.717, 1.165) is 30.4 Å². The Morgan fingerprint density at radius 2 is 0.973 bits per heavy atom. The normalized spacial score (nSPS) is 13.1. The Morgan fingerprint density at radius 3 is 1.30 bits per heavy atom. The summed E-state index contributed by atoms with van der Waals surface area (Å²) in [7, 11) is 0. The molecule has 0 saturated carbocycles. The summed E-state index contributed by atoms with van der Waals surface area (Å²) in [5, 5.41) is 19.8. The molecule has 0 amide bonds. The Morgan fingerprint density at radius 1 is 0.622 bits per heavy atom. The zero-order valence-electron chi connectivity index (χ0n) is 20.6. The van der Waals surface area contributed by atoms with Crippen LogP contribution in [0.2, 0.25) is 0 Å². The van der Waals surface area contributed by atoms with Gasteiger partial charge in [-0.1, -0.05) is 32.9 Å². The first kappa shape index (κ1) is 33.4. The van der Waals surface area contributed by atoms with E-state index in [1.54, 1.807) is 0 Å². The zero-order chi connectivity index (χ0) is 28.3. The Balaban J connectivity index is 5.91. The lowest BCUT2D eigenvalue weighted by molar-refractivity contribution is -0.171. The van der Waals surface area contributed by atoms with Crippen molar-refractivity contribution in [3.05, 3.63) is 63.3 Å². The van der Waals surface area contributed by atoms with Crippen LogP contribution in [0.5, 0.6) is 0 Å². The molecule has 0 aliphatic heterocycles. The summed E-state index contributed by atoms with van der Waals surface area (Å²) >= 11 is 0. The number of ether oxygens (including phenoxy) is 6. The SMILES string of the molecule is C=CC(=O)OCC(COCC(CO)(COC(=O)C=C)COC(O)C=C)(COC(=O)C=C)COC(=O)C=C. The Kier molecular flexibility index (Phi) is 16.1. The van der Waals surface area contributed by atoms with E-state index < -0.39 is 74.0 Å². The number of esters is 4. The first-order chi connectivity index (χ1) is 17.5. The molecule has 0 aliphatic rings. The second kappa shape index (κ2) is 17.8. The molecule has 0 spiro atoms. The van der Waals surface area contributed by atoms with Gasteiger partial charge in [0.25, 0.3) is 0 Å². The van der Waals surface area contributed by atoms with E-state index in [0.29, 0.717) is 0 Å². The van der Waals surface area contributed by atoms with Gasteiger partial charge in [0.05, 0.1) is 37.3 Å². The number of carbonyl (C=O) groups is 4. The van der Waals surface area contributed by atoms with E-state index in [1.165, 1.54) is 0 Å². The Bertz CT molecular complexity index is 774. The van der Waals surface area contributed by atoms with Crippen LogP contribution in [0.3, 0.4) is 0 Å². The lowest BCUT2D eigenvalue weighted by Gasteiger charge is -2.35. The predicted molar refractivity (Wildman–Crippen MR) is 130 cm³/mol. The molecule has 37 heavy (non-hydrogen) atoms. The number of hydrogen-bond acceptors (Lipinski definition) is 12. The van der Waals surface area contributed by atoms with Gasteiger partial charge in [-0.05, 0) is 6.08 Å². The second-order valence-electron chi connectivity index (χ2n) is 7.84. The molecule has 0 aromatic heterocycles. The molecule has 0 aliphatic carbocycles. The van der Waals surface area contributed by atoms with Crippen LogP contribution < -0.4 is 0 Å². The molecule has 2 N–H and O–H groups in total. The molecule has 2 atom stereocenters. The topological polar surface area (TPSA) is 164 Å². The van der Waals surface area contributed by atoms with Crippen LogP contribution in [0.25, 0.3) is 0 Å². The molecule has 0 rings (SSSR count). The molecular weight excluding hydrogens is 492 g/mol. The minimum Gasteiger partial charge on any atom is -0.462 e. The number of aliphatic hydroxyl groups excluding tert-OH is 2. The van der Waals surface area contributed by atoms with E-state index in [4.69, 9.17) is 28.4 Å². The zero-order valence-corrected chi connectivity index (χ0v) is 20.6. The number of carbonyl (C=O) groups excluding carboxylic acids is 4. The largest absolute Gasteiger partial charge is 0.462 e. The molecule has 0 heterocycles. The summed E-state index contributed by atoms with van der Waals surface area (Å²) in [6.07, 6.45) is 3.36. The Labute approximate surface area is 215 Å². The van der Waals surface area contributed by atoms with Crippen LogP contribution in [-0.2, 0) is 47.6 Å². The van der Waals surface area contributed by atoms with Gasteiger partial charge in [-0.2, -0.15) is 0 Å². The van der Waals surface area contributed by atoms with Crippen molar-refractivity contribution in [3.63, 3.8) is 0 Å². The molecule has 206 valence electrons. The first-order valence-electron chi connectivity index (χ1n) is 10.8. The molecule has 12 nitrogen and oxygen atoms in total. The van der Waals surface area contributed by atoms with Crippen molar-refractivity contribution >= 4 is 23.9 Å². The van der Waals surface area contributed by atoms with Crippen molar-refractivity contribution in [2.75, 3.05) is 52.9 Å².